The lowest BCUT2D eigenvalue weighted by Gasteiger charge is -2.32. The van der Waals surface area contributed by atoms with Gasteiger partial charge in [-0.1, -0.05) is 17.7 Å². The van der Waals surface area contributed by atoms with Gasteiger partial charge in [0.1, 0.15) is 5.75 Å². The third kappa shape index (κ3) is 4.95. The fourth-order valence-electron chi connectivity index (χ4n) is 3.05. The van der Waals surface area contributed by atoms with Crippen LogP contribution in [0.1, 0.15) is 24.1 Å². The summed E-state index contributed by atoms with van der Waals surface area (Å²) in [7, 11) is 0. The Labute approximate surface area is 149 Å². The van der Waals surface area contributed by atoms with Gasteiger partial charge in [-0.15, -0.1) is 0 Å². The van der Waals surface area contributed by atoms with Crippen LogP contribution in [0.15, 0.2) is 42.6 Å². The number of hydrogen-bond acceptors (Lipinski definition) is 3. The van der Waals surface area contributed by atoms with Crippen molar-refractivity contribution in [2.45, 2.75) is 26.7 Å². The predicted molar refractivity (Wildman–Crippen MR) is 99.0 cm³/mol. The number of rotatable bonds is 4. The number of benzene rings is 1. The molecule has 5 nitrogen and oxygen atoms in total. The molecule has 3 rings (SSSR count). The van der Waals surface area contributed by atoms with Gasteiger partial charge in [-0.05, 0) is 44.9 Å². The fourth-order valence-corrected chi connectivity index (χ4v) is 3.05. The van der Waals surface area contributed by atoms with Crippen molar-refractivity contribution >= 4 is 11.7 Å². The second-order valence-electron chi connectivity index (χ2n) is 6.69. The largest absolute Gasteiger partial charge is 0.493 e. The van der Waals surface area contributed by atoms with E-state index < -0.39 is 0 Å². The SMILES string of the molecule is Cc1ccc(NC(=O)N2CCCC(COc3ccnc(C)c3)C2)cc1. The molecule has 0 spiro atoms. The number of aryl methyl sites for hydroxylation is 2. The number of amides is 2. The molecule has 1 aromatic heterocycles. The first-order valence-corrected chi connectivity index (χ1v) is 8.78. The fraction of sp³-hybridized carbons (Fsp3) is 0.400. The lowest BCUT2D eigenvalue weighted by molar-refractivity contribution is 0.145. The highest BCUT2D eigenvalue weighted by molar-refractivity contribution is 5.89. The first-order valence-electron chi connectivity index (χ1n) is 8.78. The van der Waals surface area contributed by atoms with E-state index in [1.807, 2.05) is 55.1 Å². The van der Waals surface area contributed by atoms with Gasteiger partial charge in [0, 0.05) is 42.7 Å². The molecule has 1 fully saturated rings. The molecule has 132 valence electrons. The quantitative estimate of drug-likeness (QED) is 0.915. The number of urea groups is 1. The highest BCUT2D eigenvalue weighted by Crippen LogP contribution is 2.20. The van der Waals surface area contributed by atoms with Gasteiger partial charge >= 0.3 is 6.03 Å². The molecule has 1 aliphatic rings. The number of nitrogens with zero attached hydrogens (tertiary/aromatic N) is 2. The van der Waals surface area contributed by atoms with Crippen molar-refractivity contribution in [3.8, 4) is 5.75 Å². The van der Waals surface area contributed by atoms with Crippen LogP contribution >= 0.6 is 0 Å². The van der Waals surface area contributed by atoms with E-state index >= 15 is 0 Å². The molecule has 0 radical (unpaired) electrons. The summed E-state index contributed by atoms with van der Waals surface area (Å²) in [5.74, 6) is 1.19. The van der Waals surface area contributed by atoms with Crippen LogP contribution in [0.25, 0.3) is 0 Å². The predicted octanol–water partition coefficient (Wildman–Crippen LogP) is 4.02. The van der Waals surface area contributed by atoms with Crippen molar-refractivity contribution in [3.63, 3.8) is 0 Å². The molecule has 1 N–H and O–H groups in total. The van der Waals surface area contributed by atoms with Gasteiger partial charge in [-0.2, -0.15) is 0 Å². The summed E-state index contributed by atoms with van der Waals surface area (Å²) in [5.41, 5.74) is 2.96. The lowest BCUT2D eigenvalue weighted by Crippen LogP contribution is -2.43. The van der Waals surface area contributed by atoms with Crippen LogP contribution in [0, 0.1) is 19.8 Å². The van der Waals surface area contributed by atoms with Gasteiger partial charge in [-0.3, -0.25) is 4.98 Å². The van der Waals surface area contributed by atoms with E-state index in [1.165, 1.54) is 5.56 Å². The van der Waals surface area contributed by atoms with Crippen molar-refractivity contribution in [1.29, 1.82) is 0 Å². The number of anilines is 1. The smallest absolute Gasteiger partial charge is 0.321 e. The van der Waals surface area contributed by atoms with Gasteiger partial charge in [0.05, 0.1) is 6.61 Å². The Morgan fingerprint density at radius 1 is 1.28 bits per heavy atom. The van der Waals surface area contributed by atoms with Crippen LogP contribution in [0.5, 0.6) is 5.75 Å². The Hall–Kier alpha value is -2.56. The number of likely N-dealkylation sites (tertiary alicyclic amines) is 1. The van der Waals surface area contributed by atoms with E-state index in [2.05, 4.69) is 10.3 Å². The molecule has 0 aliphatic carbocycles. The van der Waals surface area contributed by atoms with E-state index in [-0.39, 0.29) is 6.03 Å². The van der Waals surface area contributed by atoms with Crippen LogP contribution in [-0.2, 0) is 0 Å². The first kappa shape index (κ1) is 17.3. The number of pyridine rings is 1. The Balaban J connectivity index is 1.51. The maximum Gasteiger partial charge on any atom is 0.321 e. The molecular formula is C20H25N3O2. The van der Waals surface area contributed by atoms with Crippen molar-refractivity contribution in [1.82, 2.24) is 9.88 Å². The lowest BCUT2D eigenvalue weighted by atomic mass is 9.99. The molecule has 1 atom stereocenters. The second kappa shape index (κ2) is 8.01. The molecule has 0 saturated carbocycles. The minimum atomic E-state index is -0.0340. The molecule has 1 unspecified atom stereocenters. The monoisotopic (exact) mass is 339 g/mol. The minimum Gasteiger partial charge on any atom is -0.493 e. The van der Waals surface area contributed by atoms with Gasteiger partial charge in [-0.25, -0.2) is 4.79 Å². The summed E-state index contributed by atoms with van der Waals surface area (Å²) in [6.45, 7) is 6.12. The summed E-state index contributed by atoms with van der Waals surface area (Å²) in [6, 6.07) is 11.6. The maximum absolute atomic E-state index is 12.5. The number of nitrogens with one attached hydrogen (secondary N) is 1. The van der Waals surface area contributed by atoms with E-state index in [0.717, 1.165) is 43.1 Å². The molecule has 5 heteroatoms. The first-order chi connectivity index (χ1) is 12.1. The van der Waals surface area contributed by atoms with E-state index in [9.17, 15) is 4.79 Å². The van der Waals surface area contributed by atoms with Gasteiger partial charge in [0.2, 0.25) is 0 Å². The van der Waals surface area contributed by atoms with Crippen LogP contribution < -0.4 is 10.1 Å². The number of piperidine rings is 1. The zero-order chi connectivity index (χ0) is 17.6. The normalized spacial score (nSPS) is 17.2. The van der Waals surface area contributed by atoms with E-state index in [4.69, 9.17) is 4.74 Å². The number of carbonyl (C=O) groups is 1. The topological polar surface area (TPSA) is 54.5 Å². The molecule has 1 aromatic carbocycles. The van der Waals surface area contributed by atoms with Crippen LogP contribution in [-0.4, -0.2) is 35.6 Å². The second-order valence-corrected chi connectivity index (χ2v) is 6.69. The molecule has 2 amide bonds. The standard InChI is InChI=1S/C20H25N3O2/c1-15-5-7-18(8-6-15)22-20(24)23-11-3-4-17(13-23)14-25-19-9-10-21-16(2)12-19/h5-10,12,17H,3-4,11,13-14H2,1-2H3,(H,22,24). The van der Waals surface area contributed by atoms with E-state index in [1.54, 1.807) is 6.20 Å². The highest BCUT2D eigenvalue weighted by atomic mass is 16.5. The minimum absolute atomic E-state index is 0.0340. The van der Waals surface area contributed by atoms with Crippen LogP contribution in [0.3, 0.4) is 0 Å². The summed E-state index contributed by atoms with van der Waals surface area (Å²) in [5, 5.41) is 2.98. The summed E-state index contributed by atoms with van der Waals surface area (Å²) < 4.78 is 5.89. The highest BCUT2D eigenvalue weighted by Gasteiger charge is 2.24. The average molecular weight is 339 g/mol. The van der Waals surface area contributed by atoms with Gasteiger partial charge < -0.3 is 15.0 Å². The summed E-state index contributed by atoms with van der Waals surface area (Å²) in [6.07, 6.45) is 3.84. The molecule has 2 heterocycles. The van der Waals surface area contributed by atoms with Crippen LogP contribution in [0.4, 0.5) is 10.5 Å². The van der Waals surface area contributed by atoms with Crippen molar-refractivity contribution in [2.24, 2.45) is 5.92 Å². The molecule has 2 aromatic rings. The Morgan fingerprint density at radius 3 is 2.84 bits per heavy atom. The van der Waals surface area contributed by atoms with Crippen molar-refractivity contribution in [2.75, 3.05) is 25.0 Å². The maximum atomic E-state index is 12.5. The number of ether oxygens (including phenoxy) is 1. The van der Waals surface area contributed by atoms with Crippen molar-refractivity contribution in [3.05, 3.63) is 53.9 Å². The molecule has 1 aliphatic heterocycles. The van der Waals surface area contributed by atoms with E-state index in [0.29, 0.717) is 12.5 Å². The zero-order valence-electron chi connectivity index (χ0n) is 14.9. The van der Waals surface area contributed by atoms with Gasteiger partial charge in [0.25, 0.3) is 0 Å². The van der Waals surface area contributed by atoms with Gasteiger partial charge in [0.15, 0.2) is 0 Å². The molecule has 1 saturated heterocycles. The molecular weight excluding hydrogens is 314 g/mol. The summed E-state index contributed by atoms with van der Waals surface area (Å²) in [4.78, 5) is 18.5. The zero-order valence-corrected chi connectivity index (χ0v) is 14.9. The number of carbonyl (C=O) groups excluding carboxylic acids is 1. The number of hydrogen-bond donors (Lipinski definition) is 1. The Kier molecular flexibility index (Phi) is 5.53. The summed E-state index contributed by atoms with van der Waals surface area (Å²) >= 11 is 0. The third-order valence-electron chi connectivity index (χ3n) is 4.46. The Bertz CT molecular complexity index is 715. The average Bonchev–Trinajstić information content (AvgIpc) is 2.62. The van der Waals surface area contributed by atoms with Crippen molar-refractivity contribution < 1.29 is 9.53 Å². The Morgan fingerprint density at radius 2 is 2.08 bits per heavy atom. The molecule has 25 heavy (non-hydrogen) atoms. The third-order valence-corrected chi connectivity index (χ3v) is 4.46. The molecule has 0 bridgehead atoms. The number of aromatic nitrogens is 1. The van der Waals surface area contributed by atoms with Crippen LogP contribution in [0.2, 0.25) is 0 Å².